The fourth-order valence-corrected chi connectivity index (χ4v) is 8.72. The quantitative estimate of drug-likeness (QED) is 0.0344. The number of unbranched alkanes of at least 4 members (excludes halogenated alkanes) is 38. The van der Waals surface area contributed by atoms with Crippen molar-refractivity contribution in [3.05, 3.63) is 0 Å². The first-order chi connectivity index (χ1) is 30.9. The minimum absolute atomic E-state index is 0.0624. The van der Waals surface area contributed by atoms with Crippen molar-refractivity contribution in [1.82, 2.24) is 0 Å². The molecule has 0 fully saturated rings. The van der Waals surface area contributed by atoms with Crippen LogP contribution in [0.15, 0.2) is 0 Å². The molecular weight excluding hydrogens is 781 g/mol. The normalized spacial score (nSPS) is 12.4. The van der Waals surface area contributed by atoms with Gasteiger partial charge in [0.15, 0.2) is 6.10 Å². The molecule has 0 heterocycles. The van der Waals surface area contributed by atoms with Gasteiger partial charge >= 0.3 is 17.9 Å². The van der Waals surface area contributed by atoms with Crippen molar-refractivity contribution in [2.45, 2.75) is 329 Å². The summed E-state index contributed by atoms with van der Waals surface area (Å²) in [4.78, 5) is 38.1. The lowest BCUT2D eigenvalue weighted by Gasteiger charge is -2.18. The minimum Gasteiger partial charge on any atom is -0.462 e. The van der Waals surface area contributed by atoms with Crippen molar-refractivity contribution in [3.8, 4) is 0 Å². The number of esters is 3. The van der Waals surface area contributed by atoms with Crippen LogP contribution >= 0.6 is 0 Å². The van der Waals surface area contributed by atoms with Gasteiger partial charge in [-0.2, -0.15) is 0 Å². The Morgan fingerprint density at radius 1 is 0.317 bits per heavy atom. The molecule has 0 saturated heterocycles. The van der Waals surface area contributed by atoms with E-state index in [0.717, 1.165) is 63.7 Å². The highest BCUT2D eigenvalue weighted by molar-refractivity contribution is 5.71. The third-order valence-electron chi connectivity index (χ3n) is 13.4. The van der Waals surface area contributed by atoms with Gasteiger partial charge in [0.2, 0.25) is 0 Å². The molecule has 0 bridgehead atoms. The Bertz CT molecular complexity index is 951. The van der Waals surface area contributed by atoms with Crippen LogP contribution in [0.1, 0.15) is 323 Å². The lowest BCUT2D eigenvalue weighted by molar-refractivity contribution is -0.167. The van der Waals surface area contributed by atoms with Crippen LogP contribution in [-0.2, 0) is 28.6 Å². The van der Waals surface area contributed by atoms with Crippen LogP contribution < -0.4 is 0 Å². The van der Waals surface area contributed by atoms with Crippen LogP contribution in [0.25, 0.3) is 0 Å². The molecule has 0 radical (unpaired) electrons. The first-order valence-electron chi connectivity index (χ1n) is 28.4. The lowest BCUT2D eigenvalue weighted by Crippen LogP contribution is -2.30. The third kappa shape index (κ3) is 49.7. The van der Waals surface area contributed by atoms with E-state index in [4.69, 9.17) is 14.2 Å². The summed E-state index contributed by atoms with van der Waals surface area (Å²) >= 11 is 0. The number of hydrogen-bond acceptors (Lipinski definition) is 6. The maximum absolute atomic E-state index is 12.8. The molecule has 0 rings (SSSR count). The van der Waals surface area contributed by atoms with Crippen LogP contribution in [0.3, 0.4) is 0 Å². The van der Waals surface area contributed by atoms with Gasteiger partial charge in [-0.05, 0) is 25.2 Å². The van der Waals surface area contributed by atoms with Crippen molar-refractivity contribution in [2.24, 2.45) is 5.92 Å². The van der Waals surface area contributed by atoms with Crippen molar-refractivity contribution in [1.29, 1.82) is 0 Å². The highest BCUT2D eigenvalue weighted by Crippen LogP contribution is 2.18. The molecule has 0 aromatic carbocycles. The molecule has 2 atom stereocenters. The molecule has 6 heteroatoms. The largest absolute Gasteiger partial charge is 0.462 e. The van der Waals surface area contributed by atoms with E-state index in [0.29, 0.717) is 19.3 Å². The fraction of sp³-hybridized carbons (Fsp3) is 0.947. The van der Waals surface area contributed by atoms with E-state index in [-0.39, 0.29) is 31.1 Å². The summed E-state index contributed by atoms with van der Waals surface area (Å²) in [6, 6.07) is 0. The molecule has 0 aliphatic heterocycles. The topological polar surface area (TPSA) is 78.9 Å². The fourth-order valence-electron chi connectivity index (χ4n) is 8.72. The van der Waals surface area contributed by atoms with Gasteiger partial charge in [0.25, 0.3) is 0 Å². The highest BCUT2D eigenvalue weighted by Gasteiger charge is 2.19. The molecule has 0 N–H and O–H groups in total. The number of carbonyl (C=O) groups excluding carboxylic acids is 3. The molecule has 0 saturated carbocycles. The van der Waals surface area contributed by atoms with Gasteiger partial charge in [0.1, 0.15) is 13.2 Å². The number of rotatable bonds is 52. The average molecular weight is 892 g/mol. The maximum atomic E-state index is 12.8. The average Bonchev–Trinajstić information content (AvgIpc) is 3.28. The molecule has 0 aromatic heterocycles. The zero-order valence-electron chi connectivity index (χ0n) is 43.0. The Balaban J connectivity index is 4.26. The summed E-state index contributed by atoms with van der Waals surface area (Å²) in [5.41, 5.74) is 0. The van der Waals surface area contributed by atoms with E-state index in [1.807, 2.05) is 0 Å². The van der Waals surface area contributed by atoms with E-state index in [2.05, 4.69) is 27.7 Å². The first kappa shape index (κ1) is 61.4. The molecule has 6 nitrogen and oxygen atoms in total. The van der Waals surface area contributed by atoms with Gasteiger partial charge in [0, 0.05) is 19.3 Å². The molecule has 0 spiro atoms. The van der Waals surface area contributed by atoms with Crippen molar-refractivity contribution in [2.75, 3.05) is 13.2 Å². The van der Waals surface area contributed by atoms with Crippen LogP contribution in [0.4, 0.5) is 0 Å². The van der Waals surface area contributed by atoms with E-state index in [1.165, 1.54) is 218 Å². The molecule has 0 amide bonds. The molecule has 0 aliphatic rings. The second kappa shape index (κ2) is 51.4. The van der Waals surface area contributed by atoms with Crippen LogP contribution in [0, 0.1) is 5.92 Å². The summed E-state index contributed by atoms with van der Waals surface area (Å²) < 4.78 is 16.9. The number of ether oxygens (including phenoxy) is 3. The summed E-state index contributed by atoms with van der Waals surface area (Å²) in [6.07, 6.45) is 55.2. The Morgan fingerprint density at radius 2 is 0.556 bits per heavy atom. The molecule has 1 unspecified atom stereocenters. The standard InChI is InChI=1S/C57H110O6/c1-5-8-10-12-14-16-18-20-22-23-24-25-26-28-29-31-36-40-44-48-55(58)61-51-54(52-62-56(59)49-45-41-37-34-33-35-39-43-47-53(4)7-3)63-57(60)50-46-42-38-32-30-27-21-19-17-15-13-11-9-6-2/h53-54H,5-52H2,1-4H3/t53?,54-/m0/s1. The summed E-state index contributed by atoms with van der Waals surface area (Å²) in [6.45, 7) is 9.05. The maximum Gasteiger partial charge on any atom is 0.306 e. The van der Waals surface area contributed by atoms with E-state index >= 15 is 0 Å². The lowest BCUT2D eigenvalue weighted by atomic mass is 9.99. The van der Waals surface area contributed by atoms with Gasteiger partial charge in [0.05, 0.1) is 0 Å². The second-order valence-electron chi connectivity index (χ2n) is 19.8. The van der Waals surface area contributed by atoms with Gasteiger partial charge in [-0.25, -0.2) is 0 Å². The monoisotopic (exact) mass is 891 g/mol. The summed E-state index contributed by atoms with van der Waals surface area (Å²) in [5.74, 6) is 0.00837. The van der Waals surface area contributed by atoms with Crippen LogP contribution in [0.5, 0.6) is 0 Å². The Morgan fingerprint density at radius 3 is 0.825 bits per heavy atom. The Labute approximate surface area is 393 Å². The molecule has 374 valence electrons. The second-order valence-corrected chi connectivity index (χ2v) is 19.8. The zero-order valence-corrected chi connectivity index (χ0v) is 43.0. The van der Waals surface area contributed by atoms with Gasteiger partial charge in [-0.3, -0.25) is 14.4 Å². The van der Waals surface area contributed by atoms with Gasteiger partial charge < -0.3 is 14.2 Å². The molecule has 0 aliphatic carbocycles. The van der Waals surface area contributed by atoms with Gasteiger partial charge in [-0.1, -0.05) is 285 Å². The summed E-state index contributed by atoms with van der Waals surface area (Å²) in [5, 5.41) is 0. The predicted octanol–water partition coefficient (Wildman–Crippen LogP) is 18.6. The third-order valence-corrected chi connectivity index (χ3v) is 13.4. The minimum atomic E-state index is -0.762. The number of carbonyl (C=O) groups is 3. The van der Waals surface area contributed by atoms with Gasteiger partial charge in [-0.15, -0.1) is 0 Å². The molecular formula is C57H110O6. The molecule has 63 heavy (non-hydrogen) atoms. The highest BCUT2D eigenvalue weighted by atomic mass is 16.6. The molecule has 0 aromatic rings. The van der Waals surface area contributed by atoms with Crippen LogP contribution in [-0.4, -0.2) is 37.2 Å². The van der Waals surface area contributed by atoms with Crippen molar-refractivity contribution < 1.29 is 28.6 Å². The predicted molar refractivity (Wildman–Crippen MR) is 270 cm³/mol. The smallest absolute Gasteiger partial charge is 0.306 e. The van der Waals surface area contributed by atoms with Crippen molar-refractivity contribution in [3.63, 3.8) is 0 Å². The van der Waals surface area contributed by atoms with Crippen molar-refractivity contribution >= 4 is 17.9 Å². The zero-order chi connectivity index (χ0) is 45.9. The van der Waals surface area contributed by atoms with E-state index in [9.17, 15) is 14.4 Å². The van der Waals surface area contributed by atoms with E-state index < -0.39 is 6.10 Å². The Kier molecular flexibility index (Phi) is 50.1. The SMILES string of the molecule is CCCCCCCCCCCCCCCCCCCCCC(=O)OC[C@@H](COC(=O)CCCCCCCCCCC(C)CC)OC(=O)CCCCCCCCCCCCCCCC. The number of hydrogen-bond donors (Lipinski definition) is 0. The summed E-state index contributed by atoms with van der Waals surface area (Å²) in [7, 11) is 0. The van der Waals surface area contributed by atoms with E-state index in [1.54, 1.807) is 0 Å². The Hall–Kier alpha value is -1.59. The van der Waals surface area contributed by atoms with Crippen LogP contribution in [0.2, 0.25) is 0 Å². The first-order valence-corrected chi connectivity index (χ1v) is 28.4.